The fourth-order valence-corrected chi connectivity index (χ4v) is 3.72. The average molecular weight is 438 g/mol. The highest BCUT2D eigenvalue weighted by Crippen LogP contribution is 2.14. The van der Waals surface area contributed by atoms with Crippen LogP contribution in [0.5, 0.6) is 5.75 Å². The molecule has 2 aromatic rings. The van der Waals surface area contributed by atoms with Gasteiger partial charge in [0, 0.05) is 33.2 Å². The van der Waals surface area contributed by atoms with Crippen molar-refractivity contribution in [2.75, 3.05) is 40.8 Å². The van der Waals surface area contributed by atoms with Crippen LogP contribution in [0.1, 0.15) is 24.0 Å². The van der Waals surface area contributed by atoms with Gasteiger partial charge >= 0.3 is 0 Å². The number of carbonyl (C=O) groups is 1. The molecule has 0 saturated carbocycles. The van der Waals surface area contributed by atoms with Crippen LogP contribution in [-0.4, -0.2) is 68.5 Å². The zero-order valence-corrected chi connectivity index (χ0v) is 19.4. The van der Waals surface area contributed by atoms with Crippen LogP contribution in [0.2, 0.25) is 0 Å². The third-order valence-electron chi connectivity index (χ3n) is 5.58. The lowest BCUT2D eigenvalue weighted by Gasteiger charge is -2.34. The average Bonchev–Trinajstić information content (AvgIpc) is 2.81. The Labute approximate surface area is 191 Å². The number of benzene rings is 2. The van der Waals surface area contributed by atoms with E-state index in [2.05, 4.69) is 45.9 Å². The summed E-state index contributed by atoms with van der Waals surface area (Å²) >= 11 is 0. The predicted molar refractivity (Wildman–Crippen MR) is 129 cm³/mol. The molecule has 1 amide bonds. The van der Waals surface area contributed by atoms with Gasteiger partial charge in [-0.25, -0.2) is 4.99 Å². The summed E-state index contributed by atoms with van der Waals surface area (Å²) in [5, 5.41) is 6.77. The summed E-state index contributed by atoms with van der Waals surface area (Å²) in [6.07, 6.45) is 2.21. The first-order valence-corrected chi connectivity index (χ1v) is 11.2. The van der Waals surface area contributed by atoms with E-state index in [4.69, 9.17) is 9.73 Å². The smallest absolute Gasteiger partial charge is 0.241 e. The number of amides is 1. The third kappa shape index (κ3) is 7.57. The van der Waals surface area contributed by atoms with Crippen LogP contribution >= 0.6 is 0 Å². The lowest BCUT2D eigenvalue weighted by molar-refractivity contribution is -0.127. The Hall–Kier alpha value is -3.06. The minimum Gasteiger partial charge on any atom is -0.497 e. The molecular formula is C25H35N5O2. The lowest BCUT2D eigenvalue weighted by Crippen LogP contribution is -2.52. The topological polar surface area (TPSA) is 69.2 Å². The molecule has 1 aliphatic rings. The number of likely N-dealkylation sites (N-methyl/N-ethyl adjacent to an activating group) is 1. The Morgan fingerprint density at radius 2 is 1.88 bits per heavy atom. The van der Waals surface area contributed by atoms with Gasteiger partial charge in [0.2, 0.25) is 5.91 Å². The fraction of sp³-hybridized carbons (Fsp3) is 0.440. The number of nitrogens with zero attached hydrogens (tertiary/aromatic N) is 3. The number of hydrogen-bond donors (Lipinski definition) is 2. The highest BCUT2D eigenvalue weighted by Gasteiger charge is 2.21. The molecule has 172 valence electrons. The number of aliphatic imine (C=N–C) groups is 1. The lowest BCUT2D eigenvalue weighted by atomic mass is 10.0. The molecule has 0 bridgehead atoms. The molecule has 1 atom stereocenters. The van der Waals surface area contributed by atoms with Gasteiger partial charge in [-0.3, -0.25) is 9.69 Å². The van der Waals surface area contributed by atoms with Gasteiger partial charge < -0.3 is 20.3 Å². The van der Waals surface area contributed by atoms with Crippen molar-refractivity contribution in [3.63, 3.8) is 0 Å². The second-order valence-electron chi connectivity index (χ2n) is 8.36. The Bertz CT molecular complexity index is 868. The molecule has 7 nitrogen and oxygen atoms in total. The second-order valence-corrected chi connectivity index (χ2v) is 8.36. The van der Waals surface area contributed by atoms with E-state index in [1.54, 1.807) is 26.1 Å². The first-order valence-electron chi connectivity index (χ1n) is 11.2. The minimum atomic E-state index is 0.0123. The number of likely N-dealkylation sites (tertiary alicyclic amines) is 1. The van der Waals surface area contributed by atoms with Gasteiger partial charge in [0.25, 0.3) is 0 Å². The van der Waals surface area contributed by atoms with Crippen molar-refractivity contribution in [2.24, 2.45) is 4.99 Å². The van der Waals surface area contributed by atoms with Gasteiger partial charge in [0.05, 0.1) is 20.2 Å². The predicted octanol–water partition coefficient (Wildman–Crippen LogP) is 2.48. The van der Waals surface area contributed by atoms with Gasteiger partial charge in [-0.1, -0.05) is 42.5 Å². The highest BCUT2D eigenvalue weighted by atomic mass is 16.5. The summed E-state index contributed by atoms with van der Waals surface area (Å²) < 4.78 is 5.23. The molecule has 1 unspecified atom stereocenters. The second kappa shape index (κ2) is 12.1. The molecule has 1 aliphatic heterocycles. The molecule has 1 heterocycles. The van der Waals surface area contributed by atoms with Gasteiger partial charge in [-0.2, -0.15) is 0 Å². The summed E-state index contributed by atoms with van der Waals surface area (Å²) in [4.78, 5) is 20.9. The number of rotatable bonds is 8. The van der Waals surface area contributed by atoms with Crippen molar-refractivity contribution in [1.82, 2.24) is 20.4 Å². The molecule has 1 fully saturated rings. The van der Waals surface area contributed by atoms with Crippen molar-refractivity contribution in [1.29, 1.82) is 0 Å². The van der Waals surface area contributed by atoms with Crippen LogP contribution in [0.3, 0.4) is 0 Å². The minimum absolute atomic E-state index is 0.0123. The van der Waals surface area contributed by atoms with E-state index in [0.29, 0.717) is 12.5 Å². The molecule has 3 rings (SSSR count). The number of guanidine groups is 1. The van der Waals surface area contributed by atoms with E-state index in [1.165, 1.54) is 5.56 Å². The maximum atomic E-state index is 12.1. The summed E-state index contributed by atoms with van der Waals surface area (Å²) in [6, 6.07) is 18.7. The van der Waals surface area contributed by atoms with Gasteiger partial charge in [0.15, 0.2) is 5.96 Å². The summed E-state index contributed by atoms with van der Waals surface area (Å²) in [7, 11) is 5.18. The van der Waals surface area contributed by atoms with Crippen LogP contribution in [-0.2, 0) is 17.9 Å². The van der Waals surface area contributed by atoms with E-state index in [1.807, 2.05) is 24.3 Å². The van der Waals surface area contributed by atoms with E-state index < -0.39 is 0 Å². The van der Waals surface area contributed by atoms with E-state index in [-0.39, 0.29) is 18.5 Å². The van der Waals surface area contributed by atoms with Crippen molar-refractivity contribution in [3.8, 4) is 5.75 Å². The van der Waals surface area contributed by atoms with Gasteiger partial charge in [-0.15, -0.1) is 0 Å². The fourth-order valence-electron chi connectivity index (χ4n) is 3.72. The van der Waals surface area contributed by atoms with E-state index in [9.17, 15) is 4.79 Å². The third-order valence-corrected chi connectivity index (χ3v) is 5.58. The maximum Gasteiger partial charge on any atom is 0.241 e. The molecule has 0 aliphatic carbocycles. The molecule has 0 aromatic heterocycles. The SMILES string of the molecule is COc1ccc(CN=C(NCC(=O)N(C)C)NC2CCCN(Cc3ccccc3)C2)cc1. The highest BCUT2D eigenvalue weighted by molar-refractivity contribution is 5.86. The van der Waals surface area contributed by atoms with E-state index >= 15 is 0 Å². The first-order chi connectivity index (χ1) is 15.5. The number of ether oxygens (including phenoxy) is 1. The first kappa shape index (κ1) is 23.6. The number of carbonyl (C=O) groups excluding carboxylic acids is 1. The quantitative estimate of drug-likeness (QED) is 0.491. The largest absolute Gasteiger partial charge is 0.497 e. The number of hydrogen-bond acceptors (Lipinski definition) is 4. The maximum absolute atomic E-state index is 12.1. The van der Waals surface area contributed by atoms with Crippen molar-refractivity contribution in [2.45, 2.75) is 32.0 Å². The van der Waals surface area contributed by atoms with Crippen molar-refractivity contribution >= 4 is 11.9 Å². The van der Waals surface area contributed by atoms with Gasteiger partial charge in [0.1, 0.15) is 5.75 Å². The van der Waals surface area contributed by atoms with Crippen molar-refractivity contribution < 1.29 is 9.53 Å². The normalized spacial score (nSPS) is 17.0. The van der Waals surface area contributed by atoms with Crippen LogP contribution in [0.4, 0.5) is 0 Å². The standard InChI is InChI=1S/C25H35N5O2/c1-29(2)24(31)17-27-25(26-16-20-11-13-23(32-3)14-12-20)28-22-10-7-15-30(19-22)18-21-8-5-4-6-9-21/h4-6,8-9,11-14,22H,7,10,15-19H2,1-3H3,(H2,26,27,28). The zero-order valence-electron chi connectivity index (χ0n) is 19.4. The van der Waals surface area contributed by atoms with Gasteiger partial charge in [-0.05, 0) is 42.6 Å². The monoisotopic (exact) mass is 437 g/mol. The summed E-state index contributed by atoms with van der Waals surface area (Å²) in [6.45, 7) is 3.72. The van der Waals surface area contributed by atoms with Crippen molar-refractivity contribution in [3.05, 3.63) is 65.7 Å². The number of piperidine rings is 1. The molecular weight excluding hydrogens is 402 g/mol. The van der Waals surface area contributed by atoms with E-state index in [0.717, 1.165) is 43.8 Å². The summed E-state index contributed by atoms with van der Waals surface area (Å²) in [5.41, 5.74) is 2.41. The summed E-state index contributed by atoms with van der Waals surface area (Å²) in [5.74, 6) is 1.51. The Balaban J connectivity index is 1.62. The molecule has 0 spiro atoms. The van der Waals surface area contributed by atoms with Crippen LogP contribution in [0.25, 0.3) is 0 Å². The zero-order chi connectivity index (χ0) is 22.8. The molecule has 32 heavy (non-hydrogen) atoms. The van der Waals surface area contributed by atoms with Crippen LogP contribution < -0.4 is 15.4 Å². The molecule has 2 N–H and O–H groups in total. The Morgan fingerprint density at radius 3 is 2.56 bits per heavy atom. The molecule has 7 heteroatoms. The Morgan fingerprint density at radius 1 is 1.12 bits per heavy atom. The molecule has 2 aromatic carbocycles. The molecule has 0 radical (unpaired) electrons. The Kier molecular flexibility index (Phi) is 8.92. The number of nitrogens with one attached hydrogen (secondary N) is 2. The molecule has 1 saturated heterocycles. The number of methoxy groups -OCH3 is 1. The van der Waals surface area contributed by atoms with Crippen LogP contribution in [0.15, 0.2) is 59.6 Å². The van der Waals surface area contributed by atoms with Crippen LogP contribution in [0, 0.1) is 0 Å².